The summed E-state index contributed by atoms with van der Waals surface area (Å²) in [6.45, 7) is 2.14. The fraction of sp³-hybridized carbons (Fsp3) is 0.286. The van der Waals surface area contributed by atoms with Crippen LogP contribution in [0.3, 0.4) is 0 Å². The Morgan fingerprint density at radius 1 is 1.17 bits per heavy atom. The lowest BCUT2D eigenvalue weighted by Crippen LogP contribution is -2.28. The van der Waals surface area contributed by atoms with Gasteiger partial charge in [-0.1, -0.05) is 17.3 Å². The largest absolute Gasteiger partial charge is 0.452 e. The first-order chi connectivity index (χ1) is 14.5. The second kappa shape index (κ2) is 8.32. The molecule has 9 heteroatoms. The molecule has 1 heterocycles. The number of amides is 2. The molecule has 2 N–H and O–H groups in total. The average Bonchev–Trinajstić information content (AvgIpc) is 3.47. The molecule has 0 bridgehead atoms. The average molecular weight is 407 g/mol. The lowest BCUT2D eigenvalue weighted by molar-refractivity contribution is -0.119. The number of anilines is 1. The van der Waals surface area contributed by atoms with Gasteiger partial charge >= 0.3 is 5.97 Å². The topological polar surface area (TPSA) is 115 Å². The van der Waals surface area contributed by atoms with E-state index in [9.17, 15) is 14.4 Å². The van der Waals surface area contributed by atoms with Gasteiger partial charge in [0.1, 0.15) is 5.52 Å². The summed E-state index contributed by atoms with van der Waals surface area (Å²) in [5.74, 6) is -1.41. The zero-order chi connectivity index (χ0) is 21.1. The summed E-state index contributed by atoms with van der Waals surface area (Å²) in [6.07, 6.45) is 1.94. The molecule has 2 aromatic carbocycles. The van der Waals surface area contributed by atoms with Crippen LogP contribution in [-0.2, 0) is 16.1 Å². The third kappa shape index (κ3) is 4.29. The maximum atomic E-state index is 12.3. The van der Waals surface area contributed by atoms with Crippen molar-refractivity contribution in [3.63, 3.8) is 0 Å². The van der Waals surface area contributed by atoms with E-state index in [-0.39, 0.29) is 17.5 Å². The Morgan fingerprint density at radius 3 is 2.73 bits per heavy atom. The highest BCUT2D eigenvalue weighted by atomic mass is 16.5. The second-order valence-electron chi connectivity index (χ2n) is 7.03. The molecule has 0 atom stereocenters. The monoisotopic (exact) mass is 407 g/mol. The second-order valence-corrected chi connectivity index (χ2v) is 7.03. The van der Waals surface area contributed by atoms with Crippen molar-refractivity contribution in [2.45, 2.75) is 32.4 Å². The van der Waals surface area contributed by atoms with Gasteiger partial charge in [-0.05, 0) is 50.1 Å². The Bertz CT molecular complexity index is 1120. The van der Waals surface area contributed by atoms with Gasteiger partial charge in [-0.3, -0.25) is 9.59 Å². The predicted molar refractivity (Wildman–Crippen MR) is 109 cm³/mol. The van der Waals surface area contributed by atoms with E-state index in [1.807, 2.05) is 6.92 Å². The number of ether oxygens (including phenoxy) is 1. The number of benzene rings is 2. The van der Waals surface area contributed by atoms with Gasteiger partial charge in [0.2, 0.25) is 0 Å². The number of esters is 1. The number of hydrogen-bond donors (Lipinski definition) is 2. The number of carbonyl (C=O) groups is 3. The third-order valence-electron chi connectivity index (χ3n) is 4.74. The van der Waals surface area contributed by atoms with Gasteiger partial charge in [0, 0.05) is 12.6 Å². The number of para-hydroxylation sites is 1. The number of rotatable bonds is 7. The Morgan fingerprint density at radius 2 is 1.97 bits per heavy atom. The van der Waals surface area contributed by atoms with Crippen molar-refractivity contribution in [1.29, 1.82) is 0 Å². The van der Waals surface area contributed by atoms with E-state index < -0.39 is 18.5 Å². The van der Waals surface area contributed by atoms with Crippen LogP contribution in [0.1, 0.15) is 40.5 Å². The minimum atomic E-state index is -0.641. The summed E-state index contributed by atoms with van der Waals surface area (Å²) in [5.41, 5.74) is 2.41. The first-order valence-corrected chi connectivity index (χ1v) is 9.75. The molecule has 2 amide bonds. The summed E-state index contributed by atoms with van der Waals surface area (Å²) in [4.78, 5) is 36.9. The van der Waals surface area contributed by atoms with Gasteiger partial charge in [0.25, 0.3) is 11.8 Å². The number of fused-ring (bicyclic) bond motifs is 1. The number of aromatic nitrogens is 3. The van der Waals surface area contributed by atoms with E-state index in [2.05, 4.69) is 20.9 Å². The van der Waals surface area contributed by atoms with Crippen molar-refractivity contribution in [3.05, 3.63) is 53.6 Å². The van der Waals surface area contributed by atoms with Crippen molar-refractivity contribution in [2.75, 3.05) is 11.9 Å². The van der Waals surface area contributed by atoms with Crippen LogP contribution in [0.4, 0.5) is 5.69 Å². The Hall–Kier alpha value is -3.75. The lowest BCUT2D eigenvalue weighted by Gasteiger charge is -2.11. The molecule has 3 aromatic rings. The zero-order valence-corrected chi connectivity index (χ0v) is 16.4. The highest BCUT2D eigenvalue weighted by Crippen LogP contribution is 2.21. The van der Waals surface area contributed by atoms with E-state index in [0.29, 0.717) is 23.3 Å². The van der Waals surface area contributed by atoms with Crippen LogP contribution in [0.5, 0.6) is 0 Å². The molecule has 1 aliphatic carbocycles. The van der Waals surface area contributed by atoms with Crippen LogP contribution < -0.4 is 10.6 Å². The van der Waals surface area contributed by atoms with E-state index in [4.69, 9.17) is 4.74 Å². The first-order valence-electron chi connectivity index (χ1n) is 9.75. The van der Waals surface area contributed by atoms with Gasteiger partial charge in [-0.25, -0.2) is 9.48 Å². The normalized spacial score (nSPS) is 13.1. The third-order valence-corrected chi connectivity index (χ3v) is 4.74. The summed E-state index contributed by atoms with van der Waals surface area (Å²) in [5, 5.41) is 13.5. The zero-order valence-electron chi connectivity index (χ0n) is 16.4. The van der Waals surface area contributed by atoms with Gasteiger partial charge in [-0.2, -0.15) is 0 Å². The van der Waals surface area contributed by atoms with Gasteiger partial charge in [-0.15, -0.1) is 5.10 Å². The first kappa shape index (κ1) is 19.6. The predicted octanol–water partition coefficient (Wildman–Crippen LogP) is 2.14. The van der Waals surface area contributed by atoms with Crippen molar-refractivity contribution in [3.8, 4) is 0 Å². The lowest BCUT2D eigenvalue weighted by atomic mass is 10.1. The number of hydrogen-bond acceptors (Lipinski definition) is 6. The van der Waals surface area contributed by atoms with E-state index in [1.54, 1.807) is 47.1 Å². The molecule has 1 fully saturated rings. The fourth-order valence-electron chi connectivity index (χ4n) is 3.01. The number of nitrogens with zero attached hydrogens (tertiary/aromatic N) is 3. The molecule has 1 aromatic heterocycles. The van der Waals surface area contributed by atoms with Crippen LogP contribution in [0, 0.1) is 0 Å². The molecule has 30 heavy (non-hydrogen) atoms. The summed E-state index contributed by atoms with van der Waals surface area (Å²) in [7, 11) is 0. The SMILES string of the molecule is CCn1nnc2cc(C(=O)OCC(=O)Nc3ccccc3C(=O)NC3CC3)ccc21. The molecular weight excluding hydrogens is 386 g/mol. The Balaban J connectivity index is 1.37. The molecule has 0 radical (unpaired) electrons. The standard InChI is InChI=1S/C21H21N5O4/c1-2-26-18-10-7-13(11-17(18)24-25-26)21(29)30-12-19(27)23-16-6-4-3-5-15(16)20(28)22-14-8-9-14/h3-7,10-11,14H,2,8-9,12H2,1H3,(H,22,28)(H,23,27). The van der Waals surface area contributed by atoms with Crippen molar-refractivity contribution in [2.24, 2.45) is 0 Å². The maximum absolute atomic E-state index is 12.3. The smallest absolute Gasteiger partial charge is 0.338 e. The number of aryl methyl sites for hydroxylation is 1. The molecule has 0 aliphatic heterocycles. The van der Waals surface area contributed by atoms with Crippen LogP contribution in [-0.4, -0.2) is 45.4 Å². The van der Waals surface area contributed by atoms with E-state index in [1.165, 1.54) is 0 Å². The van der Waals surface area contributed by atoms with Crippen molar-refractivity contribution < 1.29 is 19.1 Å². The molecule has 4 rings (SSSR count). The highest BCUT2D eigenvalue weighted by molar-refractivity contribution is 6.04. The number of carbonyl (C=O) groups excluding carboxylic acids is 3. The molecule has 1 saturated carbocycles. The molecular formula is C21H21N5O4. The fourth-order valence-corrected chi connectivity index (χ4v) is 3.01. The summed E-state index contributed by atoms with van der Waals surface area (Å²) >= 11 is 0. The number of nitrogens with one attached hydrogen (secondary N) is 2. The highest BCUT2D eigenvalue weighted by Gasteiger charge is 2.25. The molecule has 0 unspecified atom stereocenters. The summed E-state index contributed by atoms with van der Waals surface area (Å²) in [6, 6.07) is 11.8. The quantitative estimate of drug-likeness (QED) is 0.580. The van der Waals surface area contributed by atoms with Crippen molar-refractivity contribution in [1.82, 2.24) is 20.3 Å². The molecule has 9 nitrogen and oxygen atoms in total. The molecule has 0 saturated heterocycles. The van der Waals surface area contributed by atoms with Gasteiger partial charge < -0.3 is 15.4 Å². The minimum absolute atomic E-state index is 0.207. The van der Waals surface area contributed by atoms with Gasteiger partial charge in [0.05, 0.1) is 22.3 Å². The van der Waals surface area contributed by atoms with Crippen molar-refractivity contribution >= 4 is 34.5 Å². The molecule has 0 spiro atoms. The molecule has 154 valence electrons. The van der Waals surface area contributed by atoms with Crippen LogP contribution in [0.15, 0.2) is 42.5 Å². The molecule has 1 aliphatic rings. The maximum Gasteiger partial charge on any atom is 0.338 e. The van der Waals surface area contributed by atoms with E-state index >= 15 is 0 Å². The van der Waals surface area contributed by atoms with Gasteiger partial charge in [0.15, 0.2) is 6.61 Å². The van der Waals surface area contributed by atoms with E-state index in [0.717, 1.165) is 18.4 Å². The van der Waals surface area contributed by atoms with Crippen LogP contribution in [0.25, 0.3) is 11.0 Å². The summed E-state index contributed by atoms with van der Waals surface area (Å²) < 4.78 is 6.83. The Kier molecular flexibility index (Phi) is 5.42. The Labute approximate surface area is 172 Å². The minimum Gasteiger partial charge on any atom is -0.452 e. The van der Waals surface area contributed by atoms with Crippen LogP contribution in [0.2, 0.25) is 0 Å². The van der Waals surface area contributed by atoms with Crippen LogP contribution >= 0.6 is 0 Å².